The van der Waals surface area contributed by atoms with Gasteiger partial charge in [0.05, 0.1) is 10.2 Å². The van der Waals surface area contributed by atoms with E-state index in [1.807, 2.05) is 18.2 Å². The summed E-state index contributed by atoms with van der Waals surface area (Å²) in [7, 11) is 0. The van der Waals surface area contributed by atoms with Gasteiger partial charge in [0.1, 0.15) is 5.01 Å². The van der Waals surface area contributed by atoms with Gasteiger partial charge in [0, 0.05) is 6.54 Å². The number of hydrogen-bond acceptors (Lipinski definition) is 3. The lowest BCUT2D eigenvalue weighted by Gasteiger charge is -1.92. The van der Waals surface area contributed by atoms with E-state index in [4.69, 9.17) is 5.73 Å². The molecule has 2 nitrogen and oxygen atoms in total. The predicted octanol–water partition coefficient (Wildman–Crippen LogP) is 2.27. The first kappa shape index (κ1) is 8.41. The molecule has 0 saturated carbocycles. The lowest BCUT2D eigenvalue weighted by atomic mass is 10.3. The monoisotopic (exact) mass is 190 g/mol. The lowest BCUT2D eigenvalue weighted by Crippen LogP contribution is -2.00. The average Bonchev–Trinajstić information content (AvgIpc) is 2.59. The molecule has 0 amide bonds. The zero-order valence-electron chi connectivity index (χ0n) is 7.16. The highest BCUT2D eigenvalue weighted by atomic mass is 32.1. The van der Waals surface area contributed by atoms with Crippen LogP contribution >= 0.6 is 11.3 Å². The number of aromatic nitrogens is 1. The summed E-state index contributed by atoms with van der Waals surface area (Å²) in [4.78, 5) is 4.42. The van der Waals surface area contributed by atoms with Gasteiger partial charge in [-0.05, 0) is 17.7 Å². The number of thiazole rings is 1. The third-order valence-electron chi connectivity index (χ3n) is 1.84. The molecule has 0 spiro atoms. The van der Waals surface area contributed by atoms with Gasteiger partial charge in [-0.25, -0.2) is 4.98 Å². The van der Waals surface area contributed by atoms with Crippen molar-refractivity contribution >= 4 is 27.1 Å². The third-order valence-corrected chi connectivity index (χ3v) is 2.98. The summed E-state index contributed by atoms with van der Waals surface area (Å²) in [6.07, 6.45) is 0. The van der Waals surface area contributed by atoms with Crippen LogP contribution in [-0.4, -0.2) is 11.5 Å². The second-order valence-electron chi connectivity index (χ2n) is 2.79. The van der Waals surface area contributed by atoms with Gasteiger partial charge in [-0.2, -0.15) is 0 Å². The first-order chi connectivity index (χ1) is 6.31. The first-order valence-electron chi connectivity index (χ1n) is 4.05. The maximum atomic E-state index is 5.49. The Bertz CT molecular complexity index is 412. The van der Waals surface area contributed by atoms with Gasteiger partial charge in [0.2, 0.25) is 0 Å². The van der Waals surface area contributed by atoms with Crippen molar-refractivity contribution in [3.8, 4) is 0 Å². The van der Waals surface area contributed by atoms with Crippen molar-refractivity contribution < 1.29 is 0 Å². The molecule has 1 aromatic heterocycles. The van der Waals surface area contributed by atoms with Gasteiger partial charge in [0.15, 0.2) is 0 Å². The SMILES string of the molecule is C=C(CN)c1nc2ccccc2s1. The molecule has 0 radical (unpaired) electrons. The van der Waals surface area contributed by atoms with Crippen LogP contribution < -0.4 is 5.73 Å². The quantitative estimate of drug-likeness (QED) is 0.789. The summed E-state index contributed by atoms with van der Waals surface area (Å²) >= 11 is 1.64. The molecule has 3 heteroatoms. The zero-order chi connectivity index (χ0) is 9.26. The van der Waals surface area contributed by atoms with Gasteiger partial charge in [0.25, 0.3) is 0 Å². The molecular formula is C10H10N2S. The maximum Gasteiger partial charge on any atom is 0.121 e. The van der Waals surface area contributed by atoms with Crippen molar-refractivity contribution in [2.24, 2.45) is 5.73 Å². The standard InChI is InChI=1S/C10H10N2S/c1-7(6-11)10-12-8-4-2-3-5-9(8)13-10/h2-5H,1,6,11H2. The summed E-state index contributed by atoms with van der Waals surface area (Å²) in [5.74, 6) is 0. The zero-order valence-corrected chi connectivity index (χ0v) is 7.97. The molecule has 0 unspecified atom stereocenters. The fourth-order valence-electron chi connectivity index (χ4n) is 1.11. The minimum Gasteiger partial charge on any atom is -0.326 e. The van der Waals surface area contributed by atoms with Crippen LogP contribution in [0.25, 0.3) is 15.8 Å². The Balaban J connectivity index is 2.56. The summed E-state index contributed by atoms with van der Waals surface area (Å²) in [5.41, 5.74) is 7.42. The smallest absolute Gasteiger partial charge is 0.121 e. The van der Waals surface area contributed by atoms with Crippen molar-refractivity contribution in [3.05, 3.63) is 35.9 Å². The van der Waals surface area contributed by atoms with E-state index in [-0.39, 0.29) is 0 Å². The van der Waals surface area contributed by atoms with Crippen molar-refractivity contribution in [2.45, 2.75) is 0 Å². The summed E-state index contributed by atoms with van der Waals surface area (Å²) in [6.45, 7) is 4.33. The second-order valence-corrected chi connectivity index (χ2v) is 3.83. The van der Waals surface area contributed by atoms with Gasteiger partial charge < -0.3 is 5.73 Å². The number of nitrogens with two attached hydrogens (primary N) is 1. The van der Waals surface area contributed by atoms with Crippen LogP contribution in [-0.2, 0) is 0 Å². The summed E-state index contributed by atoms with van der Waals surface area (Å²) in [5, 5.41) is 0.948. The molecule has 13 heavy (non-hydrogen) atoms. The topological polar surface area (TPSA) is 38.9 Å². The summed E-state index contributed by atoms with van der Waals surface area (Å²) in [6, 6.07) is 8.05. The van der Waals surface area contributed by atoms with Gasteiger partial charge in [-0.1, -0.05) is 18.7 Å². The lowest BCUT2D eigenvalue weighted by molar-refractivity contribution is 1.25. The summed E-state index contributed by atoms with van der Waals surface area (Å²) < 4.78 is 1.19. The van der Waals surface area contributed by atoms with Crippen molar-refractivity contribution in [2.75, 3.05) is 6.54 Å². The van der Waals surface area contributed by atoms with Crippen LogP contribution in [0.5, 0.6) is 0 Å². The maximum absolute atomic E-state index is 5.49. The molecule has 0 atom stereocenters. The Morgan fingerprint density at radius 3 is 2.92 bits per heavy atom. The highest BCUT2D eigenvalue weighted by molar-refractivity contribution is 7.19. The highest BCUT2D eigenvalue weighted by Gasteiger charge is 2.04. The molecule has 0 fully saturated rings. The minimum absolute atomic E-state index is 0.472. The molecule has 2 aromatic rings. The normalized spacial score (nSPS) is 10.5. The number of hydrogen-bond donors (Lipinski definition) is 1. The van der Waals surface area contributed by atoms with E-state index < -0.39 is 0 Å². The molecule has 0 bridgehead atoms. The van der Waals surface area contributed by atoms with Crippen LogP contribution in [0.15, 0.2) is 30.8 Å². The van der Waals surface area contributed by atoms with E-state index in [1.165, 1.54) is 4.70 Å². The fourth-order valence-corrected chi connectivity index (χ4v) is 2.06. The molecule has 2 rings (SSSR count). The van der Waals surface area contributed by atoms with Crippen LogP contribution in [0.2, 0.25) is 0 Å². The number of para-hydroxylation sites is 1. The first-order valence-corrected chi connectivity index (χ1v) is 4.86. The molecule has 66 valence electrons. The van der Waals surface area contributed by atoms with E-state index in [2.05, 4.69) is 17.6 Å². The second kappa shape index (κ2) is 3.28. The van der Waals surface area contributed by atoms with E-state index in [1.54, 1.807) is 11.3 Å². The molecule has 0 aliphatic carbocycles. The number of fused-ring (bicyclic) bond motifs is 1. The van der Waals surface area contributed by atoms with Gasteiger partial charge >= 0.3 is 0 Å². The van der Waals surface area contributed by atoms with E-state index in [0.29, 0.717) is 6.54 Å². The van der Waals surface area contributed by atoms with Crippen LogP contribution in [0, 0.1) is 0 Å². The Morgan fingerprint density at radius 2 is 2.23 bits per heavy atom. The van der Waals surface area contributed by atoms with Gasteiger partial charge in [-0.3, -0.25) is 0 Å². The number of nitrogens with zero attached hydrogens (tertiary/aromatic N) is 1. The molecule has 1 aromatic carbocycles. The third kappa shape index (κ3) is 1.48. The Kier molecular flexibility index (Phi) is 2.12. The molecule has 0 aliphatic rings. The van der Waals surface area contributed by atoms with Crippen LogP contribution in [0.3, 0.4) is 0 Å². The van der Waals surface area contributed by atoms with Crippen LogP contribution in [0.4, 0.5) is 0 Å². The molecule has 1 heterocycles. The van der Waals surface area contributed by atoms with E-state index >= 15 is 0 Å². The molecule has 2 N–H and O–H groups in total. The van der Waals surface area contributed by atoms with Crippen molar-refractivity contribution in [1.82, 2.24) is 4.98 Å². The molecular weight excluding hydrogens is 180 g/mol. The van der Waals surface area contributed by atoms with Gasteiger partial charge in [-0.15, -0.1) is 11.3 Å². The fraction of sp³-hybridized carbons (Fsp3) is 0.100. The largest absolute Gasteiger partial charge is 0.326 e. The Hall–Kier alpha value is -1.19. The average molecular weight is 190 g/mol. The van der Waals surface area contributed by atoms with E-state index in [0.717, 1.165) is 16.1 Å². The van der Waals surface area contributed by atoms with Crippen LogP contribution in [0.1, 0.15) is 5.01 Å². The Morgan fingerprint density at radius 1 is 1.46 bits per heavy atom. The predicted molar refractivity (Wildman–Crippen MR) is 57.7 cm³/mol. The van der Waals surface area contributed by atoms with Crippen molar-refractivity contribution in [3.63, 3.8) is 0 Å². The van der Waals surface area contributed by atoms with Crippen molar-refractivity contribution in [1.29, 1.82) is 0 Å². The number of benzene rings is 1. The molecule has 0 aliphatic heterocycles. The molecule has 0 saturated heterocycles. The van der Waals surface area contributed by atoms with E-state index in [9.17, 15) is 0 Å². The number of rotatable bonds is 2. The highest BCUT2D eigenvalue weighted by Crippen LogP contribution is 2.25. The minimum atomic E-state index is 0.472. The Labute approximate surface area is 80.7 Å².